The molecule has 2 aliphatic carbocycles. The number of fused-ring (bicyclic) bond motifs is 3. The Hall–Kier alpha value is -2.51. The quantitative estimate of drug-likeness (QED) is 0.293. The van der Waals surface area contributed by atoms with Crippen molar-refractivity contribution in [3.8, 4) is 16.9 Å². The number of halogens is 2. The van der Waals surface area contributed by atoms with Crippen molar-refractivity contribution in [3.05, 3.63) is 141 Å². The van der Waals surface area contributed by atoms with Gasteiger partial charge >= 0.3 is 210 Å². The van der Waals surface area contributed by atoms with Crippen LogP contribution in [0.5, 0.6) is 5.75 Å². The average molecular weight is 589 g/mol. The summed E-state index contributed by atoms with van der Waals surface area (Å²) in [6.45, 7) is 0. The minimum atomic E-state index is -2.56. The van der Waals surface area contributed by atoms with E-state index in [0.717, 1.165) is 18.6 Å². The predicted octanol–water partition coefficient (Wildman–Crippen LogP) is 0.631. The number of methoxy groups -OCH3 is 1. The molecule has 0 aliphatic heterocycles. The fourth-order valence-electron chi connectivity index (χ4n) is 5.38. The van der Waals surface area contributed by atoms with Crippen molar-refractivity contribution in [2.45, 2.75) is 12.8 Å². The topological polar surface area (TPSA) is 9.23 Å². The van der Waals surface area contributed by atoms with E-state index in [0.29, 0.717) is 0 Å². The van der Waals surface area contributed by atoms with Crippen molar-refractivity contribution in [1.82, 2.24) is 0 Å². The normalized spacial score (nSPS) is 12.3. The van der Waals surface area contributed by atoms with Crippen LogP contribution < -0.4 is 32.8 Å². The van der Waals surface area contributed by atoms with Gasteiger partial charge in [0.25, 0.3) is 0 Å². The van der Waals surface area contributed by atoms with Gasteiger partial charge in [0, 0.05) is 0 Å². The van der Waals surface area contributed by atoms with Gasteiger partial charge in [-0.1, -0.05) is 0 Å². The molecule has 0 atom stereocenters. The molecule has 1 nitrogen and oxygen atoms in total. The van der Waals surface area contributed by atoms with Crippen molar-refractivity contribution in [2.75, 3.05) is 7.11 Å². The van der Waals surface area contributed by atoms with E-state index in [9.17, 15) is 0 Å². The summed E-state index contributed by atoms with van der Waals surface area (Å²) in [5.74, 6) is 0.992. The molecule has 0 spiro atoms. The van der Waals surface area contributed by atoms with Crippen LogP contribution in [0.1, 0.15) is 28.7 Å². The van der Waals surface area contributed by atoms with Crippen LogP contribution in [0, 0.1) is 0 Å². The maximum atomic E-state index is 5.89. The summed E-state index contributed by atoms with van der Waals surface area (Å²) in [7, 11) is 1.80. The second-order valence-electron chi connectivity index (χ2n) is 8.81. The van der Waals surface area contributed by atoms with Crippen LogP contribution in [0.15, 0.2) is 119 Å². The molecule has 0 radical (unpaired) electrons. The van der Waals surface area contributed by atoms with Crippen LogP contribution in [0.4, 0.5) is 0 Å². The van der Waals surface area contributed by atoms with Gasteiger partial charge in [0.15, 0.2) is 0 Å². The summed E-state index contributed by atoms with van der Waals surface area (Å²) in [6, 6.07) is 35.6. The summed E-state index contributed by atoms with van der Waals surface area (Å²) < 4.78 is 10.7. The van der Waals surface area contributed by atoms with Crippen LogP contribution in [-0.4, -0.2) is 10.3 Å². The first-order valence-corrected chi connectivity index (χ1v) is 15.5. The third-order valence-corrected chi connectivity index (χ3v) is 14.5. The Morgan fingerprint density at radius 1 is 0.750 bits per heavy atom. The molecule has 0 saturated heterocycles. The maximum Gasteiger partial charge on any atom is -1.00 e. The molecule has 0 fully saturated rings. The van der Waals surface area contributed by atoms with Crippen molar-refractivity contribution in [1.29, 1.82) is 0 Å². The molecule has 4 aromatic rings. The Morgan fingerprint density at radius 3 is 2.00 bits per heavy atom. The minimum Gasteiger partial charge on any atom is -1.00 e. The van der Waals surface area contributed by atoms with Gasteiger partial charge in [0.05, 0.1) is 0 Å². The molecule has 4 heteroatoms. The van der Waals surface area contributed by atoms with E-state index < -0.39 is 21.3 Å². The van der Waals surface area contributed by atoms with Gasteiger partial charge in [-0.05, 0) is 0 Å². The Bertz CT molecular complexity index is 1430. The Balaban J connectivity index is 0.00000152. The summed E-state index contributed by atoms with van der Waals surface area (Å²) in [6.07, 6.45) is 9.02. The first kappa shape index (κ1) is 26.6. The van der Waals surface area contributed by atoms with E-state index in [4.69, 9.17) is 4.74 Å². The smallest absolute Gasteiger partial charge is 1.00 e. The zero-order chi connectivity index (χ0) is 22.9. The third kappa shape index (κ3) is 4.75. The number of rotatable bonds is 5. The minimum absolute atomic E-state index is 0. The van der Waals surface area contributed by atoms with E-state index in [-0.39, 0.29) is 24.8 Å². The fraction of sp³-hybridized carbons (Fsp3) is 0.0938. The number of hydrogen-bond donors (Lipinski definition) is 0. The van der Waals surface area contributed by atoms with Gasteiger partial charge in [-0.25, -0.2) is 0 Å². The summed E-state index contributed by atoms with van der Waals surface area (Å²) in [4.78, 5) is 0. The number of ether oxygens (including phenoxy) is 1. The van der Waals surface area contributed by atoms with E-state index in [2.05, 4.69) is 115 Å². The van der Waals surface area contributed by atoms with Gasteiger partial charge in [-0.15, -0.1) is 0 Å². The van der Waals surface area contributed by atoms with Gasteiger partial charge < -0.3 is 24.8 Å². The van der Waals surface area contributed by atoms with E-state index in [1.54, 1.807) is 16.9 Å². The maximum absolute atomic E-state index is 5.89. The molecule has 0 aromatic heterocycles. The molecule has 0 amide bonds. The van der Waals surface area contributed by atoms with E-state index in [1.165, 1.54) is 33.4 Å². The molecule has 0 saturated carbocycles. The van der Waals surface area contributed by atoms with Crippen molar-refractivity contribution < 1.29 is 50.8 Å². The molecule has 2 aliphatic rings. The molecular formula is C32H26Cl2OZr. The first-order chi connectivity index (χ1) is 16.8. The number of benzene rings is 4. The van der Waals surface area contributed by atoms with Crippen molar-refractivity contribution >= 4 is 6.48 Å². The number of hydrogen-bond acceptors (Lipinski definition) is 1. The van der Waals surface area contributed by atoms with E-state index in [1.807, 2.05) is 0 Å². The number of allylic oxidation sites excluding steroid dienone is 4. The van der Waals surface area contributed by atoms with Gasteiger partial charge in [-0.2, -0.15) is 0 Å². The predicted molar refractivity (Wildman–Crippen MR) is 139 cm³/mol. The van der Waals surface area contributed by atoms with Gasteiger partial charge in [-0.3, -0.25) is 0 Å². The summed E-state index contributed by atoms with van der Waals surface area (Å²) in [5.41, 5.74) is 8.24. The van der Waals surface area contributed by atoms with Crippen molar-refractivity contribution in [3.63, 3.8) is 0 Å². The Kier molecular flexibility index (Phi) is 8.63. The van der Waals surface area contributed by atoms with Gasteiger partial charge in [0.1, 0.15) is 0 Å². The molecule has 0 bridgehead atoms. The Morgan fingerprint density at radius 2 is 1.39 bits per heavy atom. The van der Waals surface area contributed by atoms with Gasteiger partial charge in [0.2, 0.25) is 0 Å². The van der Waals surface area contributed by atoms with Crippen LogP contribution in [0.3, 0.4) is 0 Å². The molecule has 0 unspecified atom stereocenters. The molecule has 0 N–H and O–H groups in total. The third-order valence-electron chi connectivity index (χ3n) is 6.89. The summed E-state index contributed by atoms with van der Waals surface area (Å²) in [5, 5.41) is 0. The van der Waals surface area contributed by atoms with E-state index >= 15 is 0 Å². The zero-order valence-corrected chi connectivity index (χ0v) is 24.0. The largest absolute Gasteiger partial charge is 1.00 e. The molecule has 6 rings (SSSR count). The first-order valence-electron chi connectivity index (χ1n) is 11.8. The van der Waals surface area contributed by atoms with Crippen LogP contribution in [0.2, 0.25) is 0 Å². The average Bonchev–Trinajstić information content (AvgIpc) is 3.56. The summed E-state index contributed by atoms with van der Waals surface area (Å²) >= 11 is -2.56. The fourth-order valence-corrected chi connectivity index (χ4v) is 13.2. The van der Waals surface area contributed by atoms with Crippen LogP contribution >= 0.6 is 0 Å². The SMILES string of the molecule is COc1cc[c]([Zr+2]([C]2=CC=CC2)=[C](c2ccccc2)c2ccccc2)c2c1-c1ccccc1C2.[Cl-].[Cl-]. The van der Waals surface area contributed by atoms with Crippen LogP contribution in [-0.2, 0) is 27.7 Å². The second-order valence-corrected chi connectivity index (χ2v) is 14.8. The molecule has 36 heavy (non-hydrogen) atoms. The molecular weight excluding hydrogens is 562 g/mol. The monoisotopic (exact) mass is 586 g/mol. The molecule has 0 heterocycles. The zero-order valence-electron chi connectivity index (χ0n) is 20.0. The second kappa shape index (κ2) is 11.7. The van der Waals surface area contributed by atoms with Crippen LogP contribution in [0.25, 0.3) is 11.1 Å². The molecule has 178 valence electrons. The standard InChI is InChI=1S/C14H11O.C13H10.C5H5.2ClH.Zr/c1-15-13-8-4-6-11-9-10-5-2-3-7-12(10)14(11)13;1-3-7-12(8-4-1)11-13-9-5-2-6-10-13;1-2-4-5-3-1;;;/h2-5,7-8H,9H2,1H3;1-10H;1-3H,4H2;2*1H;/q;;;;;+2/p-2. The van der Waals surface area contributed by atoms with Crippen molar-refractivity contribution in [2.24, 2.45) is 0 Å². The molecule has 4 aromatic carbocycles. The Labute approximate surface area is 233 Å².